The Labute approximate surface area is 97.3 Å². The number of nitrogens with zero attached hydrogens (tertiary/aromatic N) is 1. The smallest absolute Gasteiger partial charge is 0.205 e. The summed E-state index contributed by atoms with van der Waals surface area (Å²) in [6.07, 6.45) is -0.672. The molecule has 5 heteroatoms. The van der Waals surface area contributed by atoms with Gasteiger partial charge in [-0.25, -0.2) is 4.98 Å². The zero-order chi connectivity index (χ0) is 11.4. The number of aliphatic hydroxyl groups is 2. The van der Waals surface area contributed by atoms with E-state index in [1.807, 2.05) is 24.3 Å². The highest BCUT2D eigenvalue weighted by Gasteiger charge is 2.07. The van der Waals surface area contributed by atoms with Crippen LogP contribution >= 0.6 is 11.8 Å². The molecule has 16 heavy (non-hydrogen) atoms. The van der Waals surface area contributed by atoms with Gasteiger partial charge in [-0.05, 0) is 12.1 Å². The molecule has 0 saturated heterocycles. The number of hydrogen-bond acceptors (Lipinski definition) is 5. The van der Waals surface area contributed by atoms with E-state index >= 15 is 0 Å². The van der Waals surface area contributed by atoms with Crippen LogP contribution < -0.4 is 0 Å². The number of oxazole rings is 1. The van der Waals surface area contributed by atoms with Gasteiger partial charge in [0, 0.05) is 5.75 Å². The first-order valence-corrected chi connectivity index (χ1v) is 6.16. The van der Waals surface area contributed by atoms with Gasteiger partial charge in [0.1, 0.15) is 5.52 Å². The van der Waals surface area contributed by atoms with E-state index in [0.717, 1.165) is 11.1 Å². The predicted octanol–water partition coefficient (Wildman–Crippen LogP) is 1.41. The van der Waals surface area contributed by atoms with Gasteiger partial charge in [-0.1, -0.05) is 12.1 Å². The van der Waals surface area contributed by atoms with Gasteiger partial charge in [0.25, 0.3) is 0 Å². The van der Waals surface area contributed by atoms with Gasteiger partial charge >= 0.3 is 0 Å². The van der Waals surface area contributed by atoms with Crippen LogP contribution in [0.5, 0.6) is 0 Å². The largest absolute Gasteiger partial charge is 0.440 e. The van der Waals surface area contributed by atoms with E-state index in [2.05, 4.69) is 4.98 Å². The fourth-order valence-corrected chi connectivity index (χ4v) is 2.11. The van der Waals surface area contributed by atoms with Crippen LogP contribution in [0.25, 0.3) is 11.1 Å². The van der Waals surface area contributed by atoms with E-state index in [9.17, 15) is 0 Å². The number of rotatable bonds is 5. The lowest BCUT2D eigenvalue weighted by Crippen LogP contribution is -2.14. The number of thioether (sulfide) groups is 1. The molecule has 0 spiro atoms. The van der Waals surface area contributed by atoms with E-state index in [-0.39, 0.29) is 6.61 Å². The molecule has 1 aromatic heterocycles. The van der Waals surface area contributed by atoms with Gasteiger partial charge in [-0.15, -0.1) is 11.8 Å². The molecule has 0 fully saturated rings. The molecule has 2 aromatic rings. The maximum Gasteiger partial charge on any atom is 0.205 e. The second kappa shape index (κ2) is 5.34. The first kappa shape index (κ1) is 11.4. The molecule has 2 N–H and O–H groups in total. The van der Waals surface area contributed by atoms with Crippen LogP contribution in [0.2, 0.25) is 0 Å². The molecule has 0 aliphatic rings. The highest BCUT2D eigenvalue weighted by Crippen LogP contribution is 2.18. The number of hydrogen-bond donors (Lipinski definition) is 2. The minimum Gasteiger partial charge on any atom is -0.440 e. The summed E-state index contributed by atoms with van der Waals surface area (Å²) in [6.45, 7) is -0.208. The quantitative estimate of drug-likeness (QED) is 0.826. The lowest BCUT2D eigenvalue weighted by atomic mass is 10.3. The Balaban J connectivity index is 1.94. The first-order chi connectivity index (χ1) is 7.79. The van der Waals surface area contributed by atoms with Crippen LogP contribution in [0.1, 0.15) is 5.89 Å². The third-order valence-corrected chi connectivity index (χ3v) is 3.16. The van der Waals surface area contributed by atoms with Crippen molar-refractivity contribution >= 4 is 22.9 Å². The molecule has 1 heterocycles. The molecule has 0 aliphatic heterocycles. The summed E-state index contributed by atoms with van der Waals surface area (Å²) in [4.78, 5) is 4.30. The number of aromatic nitrogens is 1. The third-order valence-electron chi connectivity index (χ3n) is 2.08. The molecule has 2 rings (SSSR count). The third kappa shape index (κ3) is 2.75. The summed E-state index contributed by atoms with van der Waals surface area (Å²) >= 11 is 1.49. The standard InChI is InChI=1S/C11H13NO3S/c13-5-8(14)6-16-7-11-12-9-3-1-2-4-10(9)15-11/h1-4,8,13-14H,5-7H2. The molecular weight excluding hydrogens is 226 g/mol. The van der Waals surface area contributed by atoms with Gasteiger partial charge in [0.15, 0.2) is 5.58 Å². The van der Waals surface area contributed by atoms with Crippen molar-refractivity contribution in [1.29, 1.82) is 0 Å². The molecule has 0 saturated carbocycles. The van der Waals surface area contributed by atoms with Crippen molar-refractivity contribution < 1.29 is 14.6 Å². The lowest BCUT2D eigenvalue weighted by Gasteiger charge is -2.03. The average molecular weight is 239 g/mol. The monoisotopic (exact) mass is 239 g/mol. The first-order valence-electron chi connectivity index (χ1n) is 5.00. The second-order valence-corrected chi connectivity index (χ2v) is 4.46. The van der Waals surface area contributed by atoms with Crippen molar-refractivity contribution in [3.8, 4) is 0 Å². The number of aliphatic hydroxyl groups excluding tert-OH is 2. The summed E-state index contributed by atoms with van der Waals surface area (Å²) in [7, 11) is 0. The SMILES string of the molecule is OCC(O)CSCc1nc2ccccc2o1. The number of para-hydroxylation sites is 2. The second-order valence-electron chi connectivity index (χ2n) is 3.43. The van der Waals surface area contributed by atoms with Crippen molar-refractivity contribution in [3.63, 3.8) is 0 Å². The van der Waals surface area contributed by atoms with E-state index in [1.54, 1.807) is 0 Å². The van der Waals surface area contributed by atoms with Gasteiger partial charge < -0.3 is 14.6 Å². The summed E-state index contributed by atoms with van der Waals surface area (Å²) < 4.78 is 5.51. The van der Waals surface area contributed by atoms with E-state index in [0.29, 0.717) is 17.4 Å². The summed E-state index contributed by atoms with van der Waals surface area (Å²) in [5.74, 6) is 1.73. The van der Waals surface area contributed by atoms with Crippen molar-refractivity contribution in [1.82, 2.24) is 4.98 Å². The minimum atomic E-state index is -0.672. The highest BCUT2D eigenvalue weighted by atomic mass is 32.2. The van der Waals surface area contributed by atoms with Crippen LogP contribution in [-0.2, 0) is 5.75 Å². The van der Waals surface area contributed by atoms with Crippen LogP contribution in [0.3, 0.4) is 0 Å². The molecule has 0 amide bonds. The molecule has 0 aliphatic carbocycles. The minimum absolute atomic E-state index is 0.208. The topological polar surface area (TPSA) is 66.5 Å². The zero-order valence-electron chi connectivity index (χ0n) is 8.67. The lowest BCUT2D eigenvalue weighted by molar-refractivity contribution is 0.113. The Morgan fingerprint density at radius 1 is 1.38 bits per heavy atom. The van der Waals surface area contributed by atoms with Crippen molar-refractivity contribution in [3.05, 3.63) is 30.2 Å². The summed E-state index contributed by atoms with van der Waals surface area (Å²) in [6, 6.07) is 7.59. The van der Waals surface area contributed by atoms with Crippen LogP contribution in [-0.4, -0.2) is 33.7 Å². The van der Waals surface area contributed by atoms with Crippen LogP contribution in [0.4, 0.5) is 0 Å². The molecular formula is C11H13NO3S. The molecule has 0 radical (unpaired) electrons. The Hall–Kier alpha value is -1.04. The van der Waals surface area contributed by atoms with Crippen molar-refractivity contribution in [2.45, 2.75) is 11.9 Å². The van der Waals surface area contributed by atoms with E-state index in [1.165, 1.54) is 11.8 Å². The Kier molecular flexibility index (Phi) is 3.82. The molecule has 1 unspecified atom stereocenters. The zero-order valence-corrected chi connectivity index (χ0v) is 9.48. The molecule has 86 valence electrons. The highest BCUT2D eigenvalue weighted by molar-refractivity contribution is 7.98. The van der Waals surface area contributed by atoms with E-state index < -0.39 is 6.10 Å². The van der Waals surface area contributed by atoms with Gasteiger partial charge in [-0.2, -0.15) is 0 Å². The summed E-state index contributed by atoms with van der Waals surface area (Å²) in [5, 5.41) is 17.8. The summed E-state index contributed by atoms with van der Waals surface area (Å²) in [5.41, 5.74) is 1.63. The molecule has 4 nitrogen and oxygen atoms in total. The van der Waals surface area contributed by atoms with Crippen LogP contribution in [0.15, 0.2) is 28.7 Å². The van der Waals surface area contributed by atoms with E-state index in [4.69, 9.17) is 14.6 Å². The maximum absolute atomic E-state index is 9.15. The predicted molar refractivity (Wildman–Crippen MR) is 63.3 cm³/mol. The Morgan fingerprint density at radius 2 is 2.19 bits per heavy atom. The van der Waals surface area contributed by atoms with Crippen molar-refractivity contribution in [2.75, 3.05) is 12.4 Å². The average Bonchev–Trinajstić information content (AvgIpc) is 2.71. The van der Waals surface area contributed by atoms with Gasteiger partial charge in [0.05, 0.1) is 18.5 Å². The Morgan fingerprint density at radius 3 is 2.94 bits per heavy atom. The molecule has 1 aromatic carbocycles. The molecule has 1 atom stereocenters. The maximum atomic E-state index is 9.15. The molecule has 0 bridgehead atoms. The fraction of sp³-hybridized carbons (Fsp3) is 0.364. The van der Waals surface area contributed by atoms with Gasteiger partial charge in [0.2, 0.25) is 5.89 Å². The fourth-order valence-electron chi connectivity index (χ4n) is 1.32. The van der Waals surface area contributed by atoms with Crippen molar-refractivity contribution in [2.24, 2.45) is 0 Å². The number of benzene rings is 1. The van der Waals surface area contributed by atoms with Gasteiger partial charge in [-0.3, -0.25) is 0 Å². The normalized spacial score (nSPS) is 13.1. The number of fused-ring (bicyclic) bond motifs is 1. The van der Waals surface area contributed by atoms with Crippen LogP contribution in [0, 0.1) is 0 Å². The Bertz CT molecular complexity index is 424.